The van der Waals surface area contributed by atoms with E-state index in [0.29, 0.717) is 0 Å². The molecule has 0 fully saturated rings. The summed E-state index contributed by atoms with van der Waals surface area (Å²) >= 11 is 1.53. The SMILES string of the molecule is CC(C(=O)NCC(O)c1ccsc1)c1ccccc1. The zero-order chi connectivity index (χ0) is 13.7. The highest BCUT2D eigenvalue weighted by atomic mass is 32.1. The van der Waals surface area contributed by atoms with Gasteiger partial charge in [-0.05, 0) is 34.9 Å². The van der Waals surface area contributed by atoms with Crippen LogP contribution in [0.1, 0.15) is 30.1 Å². The molecule has 3 nitrogen and oxygen atoms in total. The van der Waals surface area contributed by atoms with Gasteiger partial charge in [0.05, 0.1) is 12.0 Å². The van der Waals surface area contributed by atoms with E-state index < -0.39 is 6.10 Å². The molecule has 4 heteroatoms. The lowest BCUT2D eigenvalue weighted by Gasteiger charge is -2.15. The number of hydrogen-bond donors (Lipinski definition) is 2. The predicted octanol–water partition coefficient (Wildman–Crippen LogP) is 2.70. The van der Waals surface area contributed by atoms with Gasteiger partial charge in [-0.3, -0.25) is 4.79 Å². The molecule has 0 aliphatic heterocycles. The summed E-state index contributed by atoms with van der Waals surface area (Å²) in [6.07, 6.45) is -0.641. The number of aliphatic hydroxyl groups is 1. The van der Waals surface area contributed by atoms with Crippen molar-refractivity contribution in [2.75, 3.05) is 6.54 Å². The molecule has 100 valence electrons. The summed E-state index contributed by atoms with van der Waals surface area (Å²) in [5.41, 5.74) is 1.82. The maximum absolute atomic E-state index is 12.0. The molecule has 2 unspecified atom stereocenters. The molecule has 1 aromatic heterocycles. The van der Waals surface area contributed by atoms with Gasteiger partial charge in [0, 0.05) is 6.54 Å². The monoisotopic (exact) mass is 275 g/mol. The number of rotatable bonds is 5. The quantitative estimate of drug-likeness (QED) is 0.881. The van der Waals surface area contributed by atoms with E-state index >= 15 is 0 Å². The third-order valence-electron chi connectivity index (χ3n) is 3.09. The Kier molecular flexibility index (Phi) is 4.71. The Morgan fingerprint density at radius 3 is 2.63 bits per heavy atom. The Hall–Kier alpha value is -1.65. The van der Waals surface area contributed by atoms with Crippen LogP contribution in [0.5, 0.6) is 0 Å². The van der Waals surface area contributed by atoms with Crippen LogP contribution in [0.3, 0.4) is 0 Å². The summed E-state index contributed by atoms with van der Waals surface area (Å²) < 4.78 is 0. The molecule has 19 heavy (non-hydrogen) atoms. The first-order valence-electron chi connectivity index (χ1n) is 6.21. The fourth-order valence-corrected chi connectivity index (χ4v) is 2.53. The highest BCUT2D eigenvalue weighted by Crippen LogP contribution is 2.17. The van der Waals surface area contributed by atoms with Crippen molar-refractivity contribution in [3.63, 3.8) is 0 Å². The molecule has 1 amide bonds. The molecule has 0 radical (unpaired) electrons. The van der Waals surface area contributed by atoms with E-state index in [0.717, 1.165) is 11.1 Å². The number of carbonyl (C=O) groups is 1. The minimum atomic E-state index is -0.641. The summed E-state index contributed by atoms with van der Waals surface area (Å²) in [6, 6.07) is 11.5. The van der Waals surface area contributed by atoms with Gasteiger partial charge in [-0.15, -0.1) is 0 Å². The molecule has 1 aromatic carbocycles. The first kappa shape index (κ1) is 13.8. The standard InChI is InChI=1S/C15H17NO2S/c1-11(12-5-3-2-4-6-12)15(18)16-9-14(17)13-7-8-19-10-13/h2-8,10-11,14,17H,9H2,1H3,(H,16,18). The minimum absolute atomic E-state index is 0.0690. The highest BCUT2D eigenvalue weighted by molar-refractivity contribution is 7.07. The van der Waals surface area contributed by atoms with Crippen molar-refractivity contribution in [3.8, 4) is 0 Å². The van der Waals surface area contributed by atoms with Gasteiger partial charge < -0.3 is 10.4 Å². The van der Waals surface area contributed by atoms with Crippen LogP contribution in [0.25, 0.3) is 0 Å². The van der Waals surface area contributed by atoms with Crippen LogP contribution in [0.2, 0.25) is 0 Å². The number of carbonyl (C=O) groups excluding carboxylic acids is 1. The van der Waals surface area contributed by atoms with E-state index in [1.54, 1.807) is 0 Å². The van der Waals surface area contributed by atoms with E-state index in [9.17, 15) is 9.90 Å². The summed E-state index contributed by atoms with van der Waals surface area (Å²) in [6.45, 7) is 2.11. The number of hydrogen-bond acceptors (Lipinski definition) is 3. The van der Waals surface area contributed by atoms with Crippen molar-refractivity contribution in [1.82, 2.24) is 5.32 Å². The number of aliphatic hydroxyl groups excluding tert-OH is 1. The lowest BCUT2D eigenvalue weighted by molar-refractivity contribution is -0.122. The molecule has 0 aliphatic carbocycles. The summed E-state index contributed by atoms with van der Waals surface area (Å²) in [4.78, 5) is 12.0. The Morgan fingerprint density at radius 1 is 1.26 bits per heavy atom. The molecule has 2 rings (SSSR count). The molecule has 2 aromatic rings. The second-order valence-electron chi connectivity index (χ2n) is 4.45. The van der Waals surface area contributed by atoms with Gasteiger partial charge in [0.2, 0.25) is 5.91 Å². The predicted molar refractivity (Wildman–Crippen MR) is 77.1 cm³/mol. The lowest BCUT2D eigenvalue weighted by Crippen LogP contribution is -2.31. The topological polar surface area (TPSA) is 49.3 Å². The van der Waals surface area contributed by atoms with Crippen LogP contribution in [0, 0.1) is 0 Å². The van der Waals surface area contributed by atoms with E-state index in [2.05, 4.69) is 5.32 Å². The van der Waals surface area contributed by atoms with Gasteiger partial charge in [0.25, 0.3) is 0 Å². The molecule has 1 heterocycles. The maximum atomic E-state index is 12.0. The van der Waals surface area contributed by atoms with E-state index in [-0.39, 0.29) is 18.4 Å². The van der Waals surface area contributed by atoms with Gasteiger partial charge in [-0.2, -0.15) is 11.3 Å². The van der Waals surface area contributed by atoms with Gasteiger partial charge >= 0.3 is 0 Å². The van der Waals surface area contributed by atoms with Crippen LogP contribution < -0.4 is 5.32 Å². The average molecular weight is 275 g/mol. The fourth-order valence-electron chi connectivity index (χ4n) is 1.83. The van der Waals surface area contributed by atoms with Crippen molar-refractivity contribution < 1.29 is 9.90 Å². The third-order valence-corrected chi connectivity index (χ3v) is 3.79. The van der Waals surface area contributed by atoms with Gasteiger partial charge in [0.15, 0.2) is 0 Å². The maximum Gasteiger partial charge on any atom is 0.227 e. The normalized spacial score (nSPS) is 13.8. The molecular formula is C15H17NO2S. The minimum Gasteiger partial charge on any atom is -0.387 e. The van der Waals surface area contributed by atoms with E-state index in [4.69, 9.17) is 0 Å². The summed E-state index contributed by atoms with van der Waals surface area (Å²) in [5.74, 6) is -0.281. The molecule has 0 saturated heterocycles. The van der Waals surface area contributed by atoms with Crippen molar-refractivity contribution in [1.29, 1.82) is 0 Å². The molecule has 0 bridgehead atoms. The van der Waals surface area contributed by atoms with Gasteiger partial charge in [-0.1, -0.05) is 30.3 Å². The molecule has 2 atom stereocenters. The average Bonchev–Trinajstić information content (AvgIpc) is 2.98. The van der Waals surface area contributed by atoms with Crippen LogP contribution >= 0.6 is 11.3 Å². The Labute approximate surface area is 116 Å². The van der Waals surface area contributed by atoms with Crippen LogP contribution in [0.15, 0.2) is 47.2 Å². The molecule has 2 N–H and O–H groups in total. The summed E-state index contributed by atoms with van der Waals surface area (Å²) in [7, 11) is 0. The zero-order valence-corrected chi connectivity index (χ0v) is 11.6. The highest BCUT2D eigenvalue weighted by Gasteiger charge is 2.16. The molecule has 0 spiro atoms. The smallest absolute Gasteiger partial charge is 0.227 e. The second-order valence-corrected chi connectivity index (χ2v) is 5.23. The Bertz CT molecular complexity index is 510. The summed E-state index contributed by atoms with van der Waals surface area (Å²) in [5, 5.41) is 16.5. The van der Waals surface area contributed by atoms with Crippen molar-refractivity contribution >= 4 is 17.2 Å². The lowest BCUT2D eigenvalue weighted by atomic mass is 10.0. The first-order valence-corrected chi connectivity index (χ1v) is 7.15. The number of nitrogens with one attached hydrogen (secondary N) is 1. The van der Waals surface area contributed by atoms with Gasteiger partial charge in [0.1, 0.15) is 0 Å². The Balaban J connectivity index is 1.88. The molecular weight excluding hydrogens is 258 g/mol. The number of amides is 1. The number of benzene rings is 1. The van der Waals surface area contributed by atoms with Crippen molar-refractivity contribution in [3.05, 3.63) is 58.3 Å². The van der Waals surface area contributed by atoms with E-state index in [1.165, 1.54) is 11.3 Å². The van der Waals surface area contributed by atoms with Crippen molar-refractivity contribution in [2.24, 2.45) is 0 Å². The van der Waals surface area contributed by atoms with Crippen LogP contribution in [0.4, 0.5) is 0 Å². The number of thiophene rings is 1. The van der Waals surface area contributed by atoms with Crippen molar-refractivity contribution in [2.45, 2.75) is 18.9 Å². The fraction of sp³-hybridized carbons (Fsp3) is 0.267. The third kappa shape index (κ3) is 3.66. The second kappa shape index (κ2) is 6.50. The largest absolute Gasteiger partial charge is 0.387 e. The Morgan fingerprint density at radius 2 is 2.00 bits per heavy atom. The van der Waals surface area contributed by atoms with Crippen LogP contribution in [-0.2, 0) is 4.79 Å². The van der Waals surface area contributed by atoms with Crippen LogP contribution in [-0.4, -0.2) is 17.6 Å². The molecule has 0 saturated carbocycles. The molecule has 0 aliphatic rings. The zero-order valence-electron chi connectivity index (χ0n) is 10.7. The first-order chi connectivity index (χ1) is 9.18. The van der Waals surface area contributed by atoms with E-state index in [1.807, 2.05) is 54.1 Å². The van der Waals surface area contributed by atoms with Gasteiger partial charge in [-0.25, -0.2) is 0 Å².